The second-order valence-electron chi connectivity index (χ2n) is 5.01. The van der Waals surface area contributed by atoms with E-state index in [-0.39, 0.29) is 0 Å². The van der Waals surface area contributed by atoms with Crippen molar-refractivity contribution in [2.24, 2.45) is 0 Å². The van der Waals surface area contributed by atoms with Crippen molar-refractivity contribution in [2.75, 3.05) is 26.2 Å². The highest BCUT2D eigenvalue weighted by atomic mass is 15.2. The first-order valence-corrected chi connectivity index (χ1v) is 7.01. The third-order valence-electron chi connectivity index (χ3n) is 3.40. The largest absolute Gasteiger partial charge is 0.314 e. The van der Waals surface area contributed by atoms with Crippen molar-refractivity contribution >= 4 is 0 Å². The van der Waals surface area contributed by atoms with Gasteiger partial charge < -0.3 is 5.32 Å². The van der Waals surface area contributed by atoms with Crippen molar-refractivity contribution in [2.45, 2.75) is 13.5 Å². The summed E-state index contributed by atoms with van der Waals surface area (Å²) in [4.78, 5) is 15.9. The Balaban J connectivity index is 1.83. The molecule has 0 aliphatic carbocycles. The van der Waals surface area contributed by atoms with E-state index >= 15 is 0 Å². The van der Waals surface area contributed by atoms with Gasteiger partial charge in [-0.3, -0.25) is 4.90 Å². The molecule has 1 fully saturated rings. The van der Waals surface area contributed by atoms with Crippen molar-refractivity contribution in [1.29, 1.82) is 0 Å². The van der Waals surface area contributed by atoms with Crippen LogP contribution in [0.4, 0.5) is 0 Å². The number of hydrogen-bond donors (Lipinski definition) is 1. The van der Waals surface area contributed by atoms with Crippen LogP contribution in [0.1, 0.15) is 11.6 Å². The molecular formula is C15H19N5. The first kappa shape index (κ1) is 13.1. The Morgan fingerprint density at radius 2 is 1.80 bits per heavy atom. The van der Waals surface area contributed by atoms with Crippen molar-refractivity contribution in [1.82, 2.24) is 25.2 Å². The van der Waals surface area contributed by atoms with Crippen LogP contribution < -0.4 is 5.32 Å². The number of nitrogens with zero attached hydrogens (tertiary/aromatic N) is 4. The zero-order chi connectivity index (χ0) is 13.8. The number of nitrogens with one attached hydrogen (secondary N) is 1. The van der Waals surface area contributed by atoms with Crippen molar-refractivity contribution < 1.29 is 0 Å². The maximum atomic E-state index is 4.61. The van der Waals surface area contributed by atoms with Crippen LogP contribution in [0.25, 0.3) is 11.4 Å². The number of aryl methyl sites for hydroxylation is 1. The molecule has 1 aromatic heterocycles. The van der Waals surface area contributed by atoms with Gasteiger partial charge in [-0.1, -0.05) is 30.3 Å². The maximum Gasteiger partial charge on any atom is 0.163 e. The lowest BCUT2D eigenvalue weighted by molar-refractivity contribution is 0.227. The summed E-state index contributed by atoms with van der Waals surface area (Å²) < 4.78 is 0. The van der Waals surface area contributed by atoms with Gasteiger partial charge in [-0.15, -0.1) is 0 Å². The maximum absolute atomic E-state index is 4.61. The van der Waals surface area contributed by atoms with Gasteiger partial charge in [-0.2, -0.15) is 0 Å². The lowest BCUT2D eigenvalue weighted by atomic mass is 10.2. The van der Waals surface area contributed by atoms with Gasteiger partial charge in [0, 0.05) is 31.7 Å². The van der Waals surface area contributed by atoms with Gasteiger partial charge >= 0.3 is 0 Å². The molecule has 0 amide bonds. The predicted molar refractivity (Wildman–Crippen MR) is 78.1 cm³/mol. The van der Waals surface area contributed by atoms with Crippen LogP contribution in [0.2, 0.25) is 0 Å². The standard InChI is InChI=1S/C15H19N5/c1-12-17-14(11-20-9-7-16-8-10-20)19-15(18-12)13-5-3-2-4-6-13/h2-6,16H,7-11H2,1H3. The Kier molecular flexibility index (Phi) is 3.99. The summed E-state index contributed by atoms with van der Waals surface area (Å²) in [6.07, 6.45) is 0. The Morgan fingerprint density at radius 1 is 1.05 bits per heavy atom. The summed E-state index contributed by atoms with van der Waals surface area (Å²) in [6.45, 7) is 6.89. The first-order valence-electron chi connectivity index (χ1n) is 7.01. The fourth-order valence-electron chi connectivity index (χ4n) is 2.39. The minimum Gasteiger partial charge on any atom is -0.314 e. The highest BCUT2D eigenvalue weighted by Crippen LogP contribution is 2.14. The SMILES string of the molecule is Cc1nc(CN2CCNCC2)nc(-c2ccccc2)n1. The molecule has 1 N–H and O–H groups in total. The summed E-state index contributed by atoms with van der Waals surface area (Å²) in [5, 5.41) is 3.35. The van der Waals surface area contributed by atoms with E-state index in [0.717, 1.165) is 55.8 Å². The van der Waals surface area contributed by atoms with E-state index in [4.69, 9.17) is 0 Å². The molecule has 0 atom stereocenters. The zero-order valence-electron chi connectivity index (χ0n) is 11.7. The third kappa shape index (κ3) is 3.18. The highest BCUT2D eigenvalue weighted by Gasteiger charge is 2.13. The molecular weight excluding hydrogens is 250 g/mol. The van der Waals surface area contributed by atoms with Gasteiger partial charge in [0.25, 0.3) is 0 Å². The van der Waals surface area contributed by atoms with Crippen LogP contribution in [0, 0.1) is 6.92 Å². The summed E-state index contributed by atoms with van der Waals surface area (Å²) in [7, 11) is 0. The molecule has 20 heavy (non-hydrogen) atoms. The second kappa shape index (κ2) is 6.07. The molecule has 5 heteroatoms. The zero-order valence-corrected chi connectivity index (χ0v) is 11.7. The molecule has 2 heterocycles. The van der Waals surface area contributed by atoms with Gasteiger partial charge in [0.05, 0.1) is 6.54 Å². The Morgan fingerprint density at radius 3 is 2.55 bits per heavy atom. The van der Waals surface area contributed by atoms with Crippen LogP contribution in [-0.4, -0.2) is 46.0 Å². The average Bonchev–Trinajstić information content (AvgIpc) is 2.49. The third-order valence-corrected chi connectivity index (χ3v) is 3.40. The van der Waals surface area contributed by atoms with Gasteiger partial charge in [-0.25, -0.2) is 15.0 Å². The summed E-state index contributed by atoms with van der Waals surface area (Å²) >= 11 is 0. The lowest BCUT2D eigenvalue weighted by Crippen LogP contribution is -2.43. The van der Waals surface area contributed by atoms with Crippen molar-refractivity contribution in [3.63, 3.8) is 0 Å². The molecule has 1 aliphatic rings. The molecule has 0 saturated carbocycles. The van der Waals surface area contributed by atoms with Gasteiger partial charge in [-0.05, 0) is 6.92 Å². The minimum absolute atomic E-state index is 0.767. The van der Waals surface area contributed by atoms with E-state index in [9.17, 15) is 0 Å². The monoisotopic (exact) mass is 269 g/mol. The number of hydrogen-bond acceptors (Lipinski definition) is 5. The lowest BCUT2D eigenvalue weighted by Gasteiger charge is -2.26. The van der Waals surface area contributed by atoms with E-state index in [2.05, 4.69) is 25.2 Å². The smallest absolute Gasteiger partial charge is 0.163 e. The first-order chi connectivity index (χ1) is 9.81. The summed E-state index contributed by atoms with van der Waals surface area (Å²) in [5.74, 6) is 2.41. The average molecular weight is 269 g/mol. The van der Waals surface area contributed by atoms with Crippen LogP contribution in [0.5, 0.6) is 0 Å². The second-order valence-corrected chi connectivity index (χ2v) is 5.01. The molecule has 1 saturated heterocycles. The quantitative estimate of drug-likeness (QED) is 0.909. The highest BCUT2D eigenvalue weighted by molar-refractivity contribution is 5.54. The van der Waals surface area contributed by atoms with E-state index in [0.29, 0.717) is 0 Å². The molecule has 5 nitrogen and oxygen atoms in total. The topological polar surface area (TPSA) is 53.9 Å². The molecule has 0 spiro atoms. The molecule has 3 rings (SSSR count). The van der Waals surface area contributed by atoms with E-state index in [1.165, 1.54) is 0 Å². The fourth-order valence-corrected chi connectivity index (χ4v) is 2.39. The van der Waals surface area contributed by atoms with Crippen molar-refractivity contribution in [3.8, 4) is 11.4 Å². The van der Waals surface area contributed by atoms with Gasteiger partial charge in [0.1, 0.15) is 11.6 Å². The molecule has 2 aromatic rings. The Bertz CT molecular complexity index is 564. The summed E-state index contributed by atoms with van der Waals surface area (Å²) in [6, 6.07) is 10.1. The van der Waals surface area contributed by atoms with E-state index < -0.39 is 0 Å². The predicted octanol–water partition coefficient (Wildman–Crippen LogP) is 1.25. The van der Waals surface area contributed by atoms with Crippen LogP contribution >= 0.6 is 0 Å². The number of rotatable bonds is 3. The molecule has 1 aliphatic heterocycles. The molecule has 0 radical (unpaired) electrons. The fraction of sp³-hybridized carbons (Fsp3) is 0.400. The van der Waals surface area contributed by atoms with Crippen LogP contribution in [-0.2, 0) is 6.54 Å². The van der Waals surface area contributed by atoms with Crippen molar-refractivity contribution in [3.05, 3.63) is 42.0 Å². The molecule has 0 unspecified atom stereocenters. The minimum atomic E-state index is 0.767. The number of aromatic nitrogens is 3. The van der Waals surface area contributed by atoms with Crippen LogP contribution in [0.15, 0.2) is 30.3 Å². The Labute approximate surface area is 119 Å². The van der Waals surface area contributed by atoms with E-state index in [1.54, 1.807) is 0 Å². The molecule has 104 valence electrons. The van der Waals surface area contributed by atoms with E-state index in [1.807, 2.05) is 37.3 Å². The number of benzene rings is 1. The number of piperazine rings is 1. The summed E-state index contributed by atoms with van der Waals surface area (Å²) in [5.41, 5.74) is 1.04. The van der Waals surface area contributed by atoms with Crippen LogP contribution in [0.3, 0.4) is 0 Å². The van der Waals surface area contributed by atoms with Gasteiger partial charge in [0.15, 0.2) is 5.82 Å². The molecule has 1 aromatic carbocycles. The normalized spacial score (nSPS) is 16.2. The molecule has 0 bridgehead atoms. The van der Waals surface area contributed by atoms with Gasteiger partial charge in [0.2, 0.25) is 0 Å². The Hall–Kier alpha value is -1.85.